The number of carbonyl (C=O) groups excluding carboxylic acids is 3. The summed E-state index contributed by atoms with van der Waals surface area (Å²) >= 11 is 0. The number of carboxylic acids is 1. The monoisotopic (exact) mass is 654 g/mol. The molecule has 8 atom stereocenters. The Balaban J connectivity index is 1.39. The summed E-state index contributed by atoms with van der Waals surface area (Å²) in [4.78, 5) is 49.4. The Bertz CT molecular complexity index is 1300. The molecule has 3 N–H and O–H groups in total. The number of amides is 2. The number of hydrogen-bond acceptors (Lipinski definition) is 5. The maximum Gasteiger partial charge on any atom is 0.322 e. The van der Waals surface area contributed by atoms with Crippen LogP contribution < -0.4 is 10.6 Å². The molecule has 8 heteroatoms. The van der Waals surface area contributed by atoms with E-state index in [0.29, 0.717) is 31.2 Å². The predicted molar refractivity (Wildman–Crippen MR) is 182 cm³/mol. The third-order valence-electron chi connectivity index (χ3n) is 14.9. The van der Waals surface area contributed by atoms with E-state index in [-0.39, 0.29) is 69.8 Å². The highest BCUT2D eigenvalue weighted by atomic mass is 16.5. The van der Waals surface area contributed by atoms with Crippen molar-refractivity contribution in [3.8, 4) is 0 Å². The van der Waals surface area contributed by atoms with Gasteiger partial charge in [-0.3, -0.25) is 19.2 Å². The first-order valence-electron chi connectivity index (χ1n) is 18.5. The molecule has 0 aromatic rings. The van der Waals surface area contributed by atoms with Crippen molar-refractivity contribution >= 4 is 23.8 Å². The molecule has 5 rings (SSSR count). The van der Waals surface area contributed by atoms with Crippen LogP contribution in [0.5, 0.6) is 0 Å². The second kappa shape index (κ2) is 12.5. The zero-order chi connectivity index (χ0) is 34.6. The van der Waals surface area contributed by atoms with Gasteiger partial charge >= 0.3 is 11.9 Å². The van der Waals surface area contributed by atoms with Gasteiger partial charge < -0.3 is 20.5 Å². The zero-order valence-electron chi connectivity index (χ0n) is 30.5. The van der Waals surface area contributed by atoms with Gasteiger partial charge in [0.25, 0.3) is 0 Å². The average Bonchev–Trinajstić information content (AvgIpc) is 2.99. The molecule has 0 saturated heterocycles. The lowest BCUT2D eigenvalue weighted by Crippen LogP contribution is -2.65. The maximum absolute atomic E-state index is 14.3. The molecule has 4 saturated carbocycles. The highest BCUT2D eigenvalue weighted by Crippen LogP contribution is 2.75. The normalized spacial score (nSPS) is 39.9. The van der Waals surface area contributed by atoms with Gasteiger partial charge in [-0.1, -0.05) is 67.0 Å². The summed E-state index contributed by atoms with van der Waals surface area (Å²) in [6.45, 7) is 19.0. The molecule has 0 bridgehead atoms. The van der Waals surface area contributed by atoms with Crippen LogP contribution >= 0.6 is 0 Å². The molecule has 0 aromatic carbocycles. The first-order chi connectivity index (χ1) is 21.9. The summed E-state index contributed by atoms with van der Waals surface area (Å²) in [5.41, 5.74) is 1.49. The van der Waals surface area contributed by atoms with E-state index in [1.807, 2.05) is 6.92 Å². The van der Waals surface area contributed by atoms with Crippen LogP contribution in [0, 0.1) is 50.2 Å². The van der Waals surface area contributed by atoms with Crippen LogP contribution in [0.2, 0.25) is 0 Å². The Morgan fingerprint density at radius 1 is 0.894 bits per heavy atom. The second-order valence-electron chi connectivity index (χ2n) is 18.1. The van der Waals surface area contributed by atoms with Gasteiger partial charge in [-0.2, -0.15) is 0 Å². The van der Waals surface area contributed by atoms with Crippen LogP contribution in [0.15, 0.2) is 11.6 Å². The summed E-state index contributed by atoms with van der Waals surface area (Å²) < 4.78 is 6.07. The third kappa shape index (κ3) is 5.96. The molecular formula is C39H62N2O6. The number of ether oxygens (including phenoxy) is 1. The third-order valence-corrected chi connectivity index (χ3v) is 14.9. The fourth-order valence-electron chi connectivity index (χ4n) is 12.0. The minimum Gasteiger partial charge on any atom is -0.480 e. The van der Waals surface area contributed by atoms with Crippen molar-refractivity contribution in [3.63, 3.8) is 0 Å². The number of carbonyl (C=O) groups is 4. The Kier molecular flexibility index (Phi) is 9.55. The van der Waals surface area contributed by atoms with Crippen molar-refractivity contribution < 1.29 is 29.0 Å². The van der Waals surface area contributed by atoms with Crippen LogP contribution in [0.3, 0.4) is 0 Å². The van der Waals surface area contributed by atoms with Crippen LogP contribution in [0.1, 0.15) is 139 Å². The quantitative estimate of drug-likeness (QED) is 0.137. The summed E-state index contributed by atoms with van der Waals surface area (Å²) in [7, 11) is 0. The van der Waals surface area contributed by atoms with Crippen LogP contribution in [-0.2, 0) is 23.9 Å². The highest BCUT2D eigenvalue weighted by Gasteiger charge is 2.69. The van der Waals surface area contributed by atoms with E-state index in [1.165, 1.54) is 5.57 Å². The molecule has 3 unspecified atom stereocenters. The van der Waals surface area contributed by atoms with Crippen LogP contribution in [-0.4, -0.2) is 48.1 Å². The summed E-state index contributed by atoms with van der Waals surface area (Å²) in [5.74, 6) is -0.0894. The average molecular weight is 655 g/mol. The molecule has 0 aliphatic heterocycles. The smallest absolute Gasteiger partial charge is 0.322 e. The van der Waals surface area contributed by atoms with Crippen molar-refractivity contribution in [1.82, 2.24) is 10.6 Å². The molecular weight excluding hydrogens is 592 g/mol. The van der Waals surface area contributed by atoms with Crippen LogP contribution in [0.4, 0.5) is 0 Å². The Hall–Kier alpha value is -2.38. The zero-order valence-corrected chi connectivity index (χ0v) is 30.5. The first-order valence-corrected chi connectivity index (χ1v) is 18.5. The maximum atomic E-state index is 14.3. The van der Waals surface area contributed by atoms with E-state index in [0.717, 1.165) is 64.2 Å². The van der Waals surface area contributed by atoms with Crippen molar-refractivity contribution in [2.75, 3.05) is 13.1 Å². The Morgan fingerprint density at radius 3 is 2.28 bits per heavy atom. The molecule has 0 aromatic heterocycles. The number of hydrogen-bond donors (Lipinski definition) is 3. The van der Waals surface area contributed by atoms with Crippen molar-refractivity contribution in [3.05, 3.63) is 11.6 Å². The number of esters is 1. The summed E-state index contributed by atoms with van der Waals surface area (Å²) in [6.07, 6.45) is 13.8. The van der Waals surface area contributed by atoms with E-state index < -0.39 is 11.4 Å². The van der Waals surface area contributed by atoms with Crippen LogP contribution in [0.25, 0.3) is 0 Å². The van der Waals surface area contributed by atoms with E-state index in [4.69, 9.17) is 9.84 Å². The fourth-order valence-corrected chi connectivity index (χ4v) is 12.0. The number of rotatable bonds is 9. The van der Waals surface area contributed by atoms with Gasteiger partial charge in [0.15, 0.2) is 0 Å². The molecule has 47 heavy (non-hydrogen) atoms. The Labute approximate surface area is 283 Å². The minimum absolute atomic E-state index is 0.0175. The molecule has 2 amide bonds. The molecule has 8 nitrogen and oxygen atoms in total. The molecule has 0 spiro atoms. The topological polar surface area (TPSA) is 122 Å². The molecule has 5 aliphatic rings. The van der Waals surface area contributed by atoms with Gasteiger partial charge in [0.05, 0.1) is 5.41 Å². The van der Waals surface area contributed by atoms with Crippen molar-refractivity contribution in [1.29, 1.82) is 0 Å². The summed E-state index contributed by atoms with van der Waals surface area (Å²) in [5, 5.41) is 14.5. The Morgan fingerprint density at radius 2 is 1.60 bits per heavy atom. The van der Waals surface area contributed by atoms with E-state index in [1.54, 1.807) is 0 Å². The SMILES string of the molecule is CCC(=O)O[C@H]1CC[C@@]2(C)C(CC[C@]3(C)C2CC=C2C4CC(C)(C)CC[C@]4(C(=O)NCCCC(=O)NCC(=O)O)CC[C@]23C)C1(C)C. The van der Waals surface area contributed by atoms with Gasteiger partial charge in [-0.25, -0.2) is 0 Å². The number of aliphatic carboxylic acids is 1. The highest BCUT2D eigenvalue weighted by molar-refractivity contribution is 5.84. The fraction of sp³-hybridized carbons (Fsp3) is 0.846. The van der Waals surface area contributed by atoms with Gasteiger partial charge in [0, 0.05) is 24.8 Å². The first kappa shape index (κ1) is 35.9. The van der Waals surface area contributed by atoms with Gasteiger partial charge in [-0.05, 0) is 110 Å². The summed E-state index contributed by atoms with van der Waals surface area (Å²) in [6, 6.07) is 0. The number of carboxylic acid groups (broad SMARTS) is 1. The number of fused-ring (bicyclic) bond motifs is 7. The number of allylic oxidation sites excluding steroid dienone is 2. The number of nitrogens with one attached hydrogen (secondary N) is 2. The minimum atomic E-state index is -1.06. The molecule has 4 fully saturated rings. The van der Waals surface area contributed by atoms with Gasteiger partial charge in [0.1, 0.15) is 12.6 Å². The van der Waals surface area contributed by atoms with E-state index >= 15 is 0 Å². The lowest BCUT2D eigenvalue weighted by molar-refractivity contribution is -0.212. The standard InChI is InChI=1S/C39H62N2O6/c1-9-32(45)47-29-15-16-36(6)27(35(29,4)5)14-17-38(8)28(36)13-12-25-26-23-34(2,3)18-20-39(26,21-19-37(25,38)7)33(46)40-22-10-11-30(42)41-24-31(43)44/h12,26-29H,9-11,13-24H2,1-8H3,(H,40,46)(H,41,42)(H,43,44)/t26?,27?,28?,29-,36-,37+,38+,39-/m0/s1. The van der Waals surface area contributed by atoms with E-state index in [2.05, 4.69) is 65.2 Å². The molecule has 0 radical (unpaired) electrons. The molecule has 5 aliphatic carbocycles. The molecule has 264 valence electrons. The van der Waals surface area contributed by atoms with Gasteiger partial charge in [-0.15, -0.1) is 0 Å². The predicted octanol–water partition coefficient (Wildman–Crippen LogP) is 7.21. The van der Waals surface area contributed by atoms with Crippen molar-refractivity contribution in [2.24, 2.45) is 50.2 Å². The largest absolute Gasteiger partial charge is 0.480 e. The lowest BCUT2D eigenvalue weighted by Gasteiger charge is -2.71. The van der Waals surface area contributed by atoms with Crippen molar-refractivity contribution in [2.45, 2.75) is 145 Å². The molecule has 0 heterocycles. The second-order valence-corrected chi connectivity index (χ2v) is 18.1. The lowest BCUT2D eigenvalue weighted by atomic mass is 9.33. The van der Waals surface area contributed by atoms with E-state index in [9.17, 15) is 19.2 Å². The van der Waals surface area contributed by atoms with Gasteiger partial charge in [0.2, 0.25) is 11.8 Å².